The SMILES string of the molecule is CCCN(C1CCCNC1)C1CC(C)N(C)C1. The highest BCUT2D eigenvalue weighted by Crippen LogP contribution is 2.24. The third-order valence-electron chi connectivity index (χ3n) is 4.56. The van der Waals surface area contributed by atoms with E-state index in [1.54, 1.807) is 0 Å². The van der Waals surface area contributed by atoms with Gasteiger partial charge in [0.15, 0.2) is 0 Å². The van der Waals surface area contributed by atoms with Gasteiger partial charge in [-0.25, -0.2) is 0 Å². The van der Waals surface area contributed by atoms with Crippen LogP contribution < -0.4 is 5.32 Å². The fourth-order valence-electron chi connectivity index (χ4n) is 3.44. The van der Waals surface area contributed by atoms with E-state index in [4.69, 9.17) is 0 Å². The second-order valence-electron chi connectivity index (χ2n) is 5.92. The number of rotatable bonds is 4. The predicted octanol–water partition coefficient (Wildman–Crippen LogP) is 1.54. The molecule has 0 spiro atoms. The molecule has 2 aliphatic heterocycles. The zero-order chi connectivity index (χ0) is 12.3. The molecule has 0 aromatic carbocycles. The molecule has 0 radical (unpaired) electrons. The highest BCUT2D eigenvalue weighted by molar-refractivity contribution is 4.91. The fraction of sp³-hybridized carbons (Fsp3) is 1.00. The van der Waals surface area contributed by atoms with Gasteiger partial charge in [0, 0.05) is 31.2 Å². The average molecular weight is 239 g/mol. The number of likely N-dealkylation sites (N-methyl/N-ethyl adjacent to an activating group) is 1. The van der Waals surface area contributed by atoms with Gasteiger partial charge in [0.25, 0.3) is 0 Å². The molecule has 0 amide bonds. The molecule has 0 saturated carbocycles. The third-order valence-corrected chi connectivity index (χ3v) is 4.56. The van der Waals surface area contributed by atoms with E-state index in [0.717, 1.165) is 18.1 Å². The summed E-state index contributed by atoms with van der Waals surface area (Å²) in [6.45, 7) is 9.63. The van der Waals surface area contributed by atoms with Gasteiger partial charge < -0.3 is 10.2 Å². The van der Waals surface area contributed by atoms with Crippen molar-refractivity contribution in [3.8, 4) is 0 Å². The van der Waals surface area contributed by atoms with Crippen LogP contribution in [0.4, 0.5) is 0 Å². The van der Waals surface area contributed by atoms with Crippen molar-refractivity contribution in [3.63, 3.8) is 0 Å². The van der Waals surface area contributed by atoms with E-state index in [1.165, 1.54) is 51.9 Å². The molecule has 0 aromatic heterocycles. The summed E-state index contributed by atoms with van der Waals surface area (Å²) in [5, 5.41) is 3.56. The van der Waals surface area contributed by atoms with Crippen LogP contribution in [0.5, 0.6) is 0 Å². The summed E-state index contributed by atoms with van der Waals surface area (Å²) in [7, 11) is 2.27. The van der Waals surface area contributed by atoms with Crippen LogP contribution in [-0.4, -0.2) is 61.2 Å². The molecule has 3 unspecified atom stereocenters. The Kier molecular flexibility index (Phi) is 4.83. The van der Waals surface area contributed by atoms with Crippen LogP contribution in [0.25, 0.3) is 0 Å². The highest BCUT2D eigenvalue weighted by atomic mass is 15.3. The Hall–Kier alpha value is -0.120. The molecule has 3 heteroatoms. The van der Waals surface area contributed by atoms with Crippen LogP contribution in [0.3, 0.4) is 0 Å². The van der Waals surface area contributed by atoms with Gasteiger partial charge in [-0.3, -0.25) is 4.90 Å². The second kappa shape index (κ2) is 6.17. The zero-order valence-corrected chi connectivity index (χ0v) is 11.8. The summed E-state index contributed by atoms with van der Waals surface area (Å²) in [6.07, 6.45) is 5.38. The minimum Gasteiger partial charge on any atom is -0.315 e. The van der Waals surface area contributed by atoms with Crippen LogP contribution >= 0.6 is 0 Å². The number of hydrogen-bond acceptors (Lipinski definition) is 3. The zero-order valence-electron chi connectivity index (χ0n) is 11.8. The molecule has 0 bridgehead atoms. The van der Waals surface area contributed by atoms with Crippen LogP contribution in [0.1, 0.15) is 39.5 Å². The van der Waals surface area contributed by atoms with Crippen molar-refractivity contribution in [2.24, 2.45) is 0 Å². The molecule has 0 aromatic rings. The summed E-state index contributed by atoms with van der Waals surface area (Å²) in [4.78, 5) is 5.32. The van der Waals surface area contributed by atoms with Crippen LogP contribution in [0, 0.1) is 0 Å². The number of piperidine rings is 1. The van der Waals surface area contributed by atoms with E-state index in [2.05, 4.69) is 36.0 Å². The largest absolute Gasteiger partial charge is 0.315 e. The van der Waals surface area contributed by atoms with Crippen LogP contribution in [0.15, 0.2) is 0 Å². The quantitative estimate of drug-likeness (QED) is 0.803. The first kappa shape index (κ1) is 13.3. The Labute approximate surface area is 107 Å². The number of nitrogens with zero attached hydrogens (tertiary/aromatic N) is 2. The summed E-state index contributed by atoms with van der Waals surface area (Å²) >= 11 is 0. The maximum absolute atomic E-state index is 3.56. The van der Waals surface area contributed by atoms with E-state index in [-0.39, 0.29) is 0 Å². The first-order chi connectivity index (χ1) is 8.22. The maximum atomic E-state index is 3.56. The standard InChI is InChI=1S/C14H29N3/c1-4-8-17(13-6-5-7-15-10-13)14-9-12(2)16(3)11-14/h12-15H,4-11H2,1-3H3. The Morgan fingerprint density at radius 3 is 2.71 bits per heavy atom. The normalized spacial score (nSPS) is 35.6. The maximum Gasteiger partial charge on any atom is 0.0241 e. The summed E-state index contributed by atoms with van der Waals surface area (Å²) in [5.74, 6) is 0. The summed E-state index contributed by atoms with van der Waals surface area (Å²) in [5.41, 5.74) is 0. The second-order valence-corrected chi connectivity index (χ2v) is 5.92. The third kappa shape index (κ3) is 3.21. The number of likely N-dealkylation sites (tertiary alicyclic amines) is 1. The van der Waals surface area contributed by atoms with Crippen molar-refractivity contribution < 1.29 is 0 Å². The van der Waals surface area contributed by atoms with E-state index < -0.39 is 0 Å². The topological polar surface area (TPSA) is 18.5 Å². The molecule has 2 aliphatic rings. The predicted molar refractivity (Wildman–Crippen MR) is 73.4 cm³/mol. The van der Waals surface area contributed by atoms with E-state index >= 15 is 0 Å². The average Bonchev–Trinajstić information content (AvgIpc) is 2.67. The number of nitrogens with one attached hydrogen (secondary N) is 1. The molecule has 1 N–H and O–H groups in total. The van der Waals surface area contributed by atoms with Gasteiger partial charge in [0.1, 0.15) is 0 Å². The summed E-state index contributed by atoms with van der Waals surface area (Å²) < 4.78 is 0. The molecule has 17 heavy (non-hydrogen) atoms. The van der Waals surface area contributed by atoms with Gasteiger partial charge in [-0.05, 0) is 52.7 Å². The van der Waals surface area contributed by atoms with Gasteiger partial charge in [0.05, 0.1) is 0 Å². The Bertz CT molecular complexity index is 216. The molecule has 3 atom stereocenters. The van der Waals surface area contributed by atoms with E-state index in [9.17, 15) is 0 Å². The van der Waals surface area contributed by atoms with Crippen molar-refractivity contribution in [2.45, 2.75) is 57.7 Å². The lowest BCUT2D eigenvalue weighted by atomic mass is 10.0. The van der Waals surface area contributed by atoms with E-state index in [0.29, 0.717) is 0 Å². The fourth-order valence-corrected chi connectivity index (χ4v) is 3.44. The molecule has 2 heterocycles. The molecule has 100 valence electrons. The van der Waals surface area contributed by atoms with Gasteiger partial charge in [-0.1, -0.05) is 6.92 Å². The molecule has 2 rings (SSSR count). The van der Waals surface area contributed by atoms with E-state index in [1.807, 2.05) is 0 Å². The van der Waals surface area contributed by atoms with Gasteiger partial charge in [-0.15, -0.1) is 0 Å². The smallest absolute Gasteiger partial charge is 0.0241 e. The van der Waals surface area contributed by atoms with Gasteiger partial charge in [-0.2, -0.15) is 0 Å². The van der Waals surface area contributed by atoms with Crippen molar-refractivity contribution in [1.29, 1.82) is 0 Å². The Morgan fingerprint density at radius 1 is 1.35 bits per heavy atom. The van der Waals surface area contributed by atoms with Crippen molar-refractivity contribution in [2.75, 3.05) is 33.2 Å². The van der Waals surface area contributed by atoms with Crippen LogP contribution in [0.2, 0.25) is 0 Å². The monoisotopic (exact) mass is 239 g/mol. The number of hydrogen-bond donors (Lipinski definition) is 1. The molecule has 3 nitrogen and oxygen atoms in total. The van der Waals surface area contributed by atoms with Gasteiger partial charge >= 0.3 is 0 Å². The minimum atomic E-state index is 0.760. The molecular weight excluding hydrogens is 210 g/mol. The van der Waals surface area contributed by atoms with Crippen LogP contribution in [-0.2, 0) is 0 Å². The Balaban J connectivity index is 1.96. The minimum absolute atomic E-state index is 0.760. The molecular formula is C14H29N3. The van der Waals surface area contributed by atoms with Gasteiger partial charge in [0.2, 0.25) is 0 Å². The molecule has 2 saturated heterocycles. The lowest BCUT2D eigenvalue weighted by molar-refractivity contribution is 0.115. The highest BCUT2D eigenvalue weighted by Gasteiger charge is 2.34. The Morgan fingerprint density at radius 2 is 2.18 bits per heavy atom. The first-order valence-electron chi connectivity index (χ1n) is 7.39. The molecule has 2 fully saturated rings. The summed E-state index contributed by atoms with van der Waals surface area (Å²) in [6, 6.07) is 2.34. The lowest BCUT2D eigenvalue weighted by Crippen LogP contribution is -2.51. The van der Waals surface area contributed by atoms with Crippen molar-refractivity contribution in [1.82, 2.24) is 15.1 Å². The lowest BCUT2D eigenvalue weighted by Gasteiger charge is -2.38. The first-order valence-corrected chi connectivity index (χ1v) is 7.39. The molecule has 0 aliphatic carbocycles. The van der Waals surface area contributed by atoms with Crippen molar-refractivity contribution in [3.05, 3.63) is 0 Å². The van der Waals surface area contributed by atoms with Crippen molar-refractivity contribution >= 4 is 0 Å².